The number of carbonyl (C=O) groups excluding carboxylic acids is 1. The molecular weight excluding hydrogens is 373 g/mol. The molecule has 9 heteroatoms. The molecule has 0 fully saturated rings. The average molecular weight is 389 g/mol. The van der Waals surface area contributed by atoms with Gasteiger partial charge in [-0.15, -0.1) is 47.5 Å². The Kier molecular flexibility index (Phi) is 10.2. The standard InChI is InChI=1S/C12H14ClN3OS2.2ClH/c13-10-3-2-9(19-10)12-16-8(7-18-12)6-11(17)15-5-1-4-14;;/h2-3,7H,1,4-6,14H2,(H,15,17);2*1H. The van der Waals surface area contributed by atoms with E-state index in [1.165, 1.54) is 22.7 Å². The maximum absolute atomic E-state index is 11.6. The third kappa shape index (κ3) is 6.50. The van der Waals surface area contributed by atoms with Gasteiger partial charge in [0.2, 0.25) is 5.91 Å². The van der Waals surface area contributed by atoms with Crippen LogP contribution >= 0.6 is 59.1 Å². The van der Waals surface area contributed by atoms with Crippen LogP contribution in [0.4, 0.5) is 0 Å². The zero-order valence-electron chi connectivity index (χ0n) is 11.0. The third-order valence-electron chi connectivity index (χ3n) is 2.38. The van der Waals surface area contributed by atoms with Crippen LogP contribution in [-0.4, -0.2) is 24.0 Å². The number of amides is 1. The topological polar surface area (TPSA) is 68.0 Å². The lowest BCUT2D eigenvalue weighted by Crippen LogP contribution is -2.27. The fraction of sp³-hybridized carbons (Fsp3) is 0.333. The van der Waals surface area contributed by atoms with Crippen LogP contribution in [0.1, 0.15) is 12.1 Å². The maximum Gasteiger partial charge on any atom is 0.226 e. The molecule has 118 valence electrons. The van der Waals surface area contributed by atoms with Gasteiger partial charge in [0.1, 0.15) is 5.01 Å². The number of hydrogen-bond acceptors (Lipinski definition) is 5. The van der Waals surface area contributed by atoms with Gasteiger partial charge in [0.15, 0.2) is 0 Å². The normalized spacial score (nSPS) is 9.62. The van der Waals surface area contributed by atoms with Crippen LogP contribution in [-0.2, 0) is 11.2 Å². The fourth-order valence-corrected chi connectivity index (χ4v) is 3.42. The summed E-state index contributed by atoms with van der Waals surface area (Å²) in [4.78, 5) is 17.1. The number of rotatable bonds is 6. The van der Waals surface area contributed by atoms with Crippen LogP contribution in [0.2, 0.25) is 4.34 Å². The van der Waals surface area contributed by atoms with Crippen LogP contribution in [0.15, 0.2) is 17.5 Å². The van der Waals surface area contributed by atoms with Gasteiger partial charge in [0, 0.05) is 11.9 Å². The zero-order valence-corrected chi connectivity index (χ0v) is 15.0. The van der Waals surface area contributed by atoms with E-state index in [0.29, 0.717) is 19.5 Å². The summed E-state index contributed by atoms with van der Waals surface area (Å²) in [6.07, 6.45) is 1.10. The Morgan fingerprint density at radius 2 is 2.14 bits per heavy atom. The smallest absolute Gasteiger partial charge is 0.226 e. The number of nitrogens with one attached hydrogen (secondary N) is 1. The Balaban J connectivity index is 0.00000200. The van der Waals surface area contributed by atoms with Crippen LogP contribution in [0.25, 0.3) is 9.88 Å². The van der Waals surface area contributed by atoms with Gasteiger partial charge in [-0.3, -0.25) is 4.79 Å². The number of carbonyl (C=O) groups is 1. The molecule has 4 nitrogen and oxygen atoms in total. The molecule has 0 saturated carbocycles. The van der Waals surface area contributed by atoms with Crippen molar-refractivity contribution in [2.75, 3.05) is 13.1 Å². The number of thiophene rings is 1. The van der Waals surface area contributed by atoms with Crippen LogP contribution in [0, 0.1) is 0 Å². The minimum atomic E-state index is -0.0190. The lowest BCUT2D eigenvalue weighted by atomic mass is 10.3. The summed E-state index contributed by atoms with van der Waals surface area (Å²) in [6.45, 7) is 1.20. The van der Waals surface area contributed by atoms with Crippen molar-refractivity contribution in [2.24, 2.45) is 5.73 Å². The molecule has 0 saturated heterocycles. The largest absolute Gasteiger partial charge is 0.356 e. The van der Waals surface area contributed by atoms with E-state index in [2.05, 4.69) is 10.3 Å². The molecule has 21 heavy (non-hydrogen) atoms. The number of hydrogen-bond donors (Lipinski definition) is 2. The van der Waals surface area contributed by atoms with Crippen molar-refractivity contribution in [3.05, 3.63) is 27.5 Å². The van der Waals surface area contributed by atoms with Gasteiger partial charge >= 0.3 is 0 Å². The molecule has 0 aliphatic rings. The Morgan fingerprint density at radius 1 is 1.38 bits per heavy atom. The highest BCUT2D eigenvalue weighted by atomic mass is 35.5. The first-order chi connectivity index (χ1) is 9.19. The van der Waals surface area contributed by atoms with Crippen molar-refractivity contribution in [1.82, 2.24) is 10.3 Å². The van der Waals surface area contributed by atoms with E-state index in [9.17, 15) is 4.79 Å². The van der Waals surface area contributed by atoms with Crippen molar-refractivity contribution in [2.45, 2.75) is 12.8 Å². The summed E-state index contributed by atoms with van der Waals surface area (Å²) in [7, 11) is 0. The zero-order chi connectivity index (χ0) is 13.7. The van der Waals surface area contributed by atoms with Crippen LogP contribution in [0.3, 0.4) is 0 Å². The van der Waals surface area contributed by atoms with E-state index >= 15 is 0 Å². The predicted molar refractivity (Wildman–Crippen MR) is 95.3 cm³/mol. The molecule has 1 amide bonds. The monoisotopic (exact) mass is 387 g/mol. The quantitative estimate of drug-likeness (QED) is 0.745. The molecule has 0 radical (unpaired) electrons. The molecular formula is C12H16Cl3N3OS2. The summed E-state index contributed by atoms with van der Waals surface area (Å²) in [5.41, 5.74) is 6.15. The second-order valence-corrected chi connectivity index (χ2v) is 6.49. The Hall–Kier alpha value is -0.370. The fourth-order valence-electron chi connectivity index (χ4n) is 1.49. The first-order valence-corrected chi connectivity index (χ1v) is 7.93. The highest BCUT2D eigenvalue weighted by molar-refractivity contribution is 7.23. The van der Waals surface area contributed by atoms with E-state index in [1.807, 2.05) is 17.5 Å². The first-order valence-electron chi connectivity index (χ1n) is 5.86. The van der Waals surface area contributed by atoms with Crippen molar-refractivity contribution in [3.8, 4) is 9.88 Å². The summed E-state index contributed by atoms with van der Waals surface area (Å²) < 4.78 is 0.742. The molecule has 2 heterocycles. The molecule has 0 aromatic carbocycles. The van der Waals surface area contributed by atoms with Gasteiger partial charge in [0.25, 0.3) is 0 Å². The molecule has 2 rings (SSSR count). The predicted octanol–water partition coefficient (Wildman–Crippen LogP) is 3.38. The minimum Gasteiger partial charge on any atom is -0.356 e. The molecule has 0 unspecified atom stereocenters. The molecule has 0 aliphatic carbocycles. The summed E-state index contributed by atoms with van der Waals surface area (Å²) in [5, 5.41) is 5.62. The Morgan fingerprint density at radius 3 is 2.76 bits per heavy atom. The van der Waals surface area contributed by atoms with E-state index < -0.39 is 0 Å². The highest BCUT2D eigenvalue weighted by Crippen LogP contribution is 2.32. The van der Waals surface area contributed by atoms with Crippen LogP contribution < -0.4 is 11.1 Å². The molecule has 0 aliphatic heterocycles. The summed E-state index contributed by atoms with van der Waals surface area (Å²) in [6, 6.07) is 3.79. The second kappa shape index (κ2) is 10.4. The number of nitrogens with two attached hydrogens (primary N) is 1. The van der Waals surface area contributed by atoms with Gasteiger partial charge in [-0.25, -0.2) is 4.98 Å². The number of halogens is 3. The number of thiazole rings is 1. The maximum atomic E-state index is 11.6. The van der Waals surface area contributed by atoms with Crippen molar-refractivity contribution < 1.29 is 4.79 Å². The number of nitrogens with zero attached hydrogens (tertiary/aromatic N) is 1. The van der Waals surface area contributed by atoms with Crippen molar-refractivity contribution in [3.63, 3.8) is 0 Å². The molecule has 0 bridgehead atoms. The van der Waals surface area contributed by atoms with Gasteiger partial charge in [-0.2, -0.15) is 0 Å². The van der Waals surface area contributed by atoms with Crippen molar-refractivity contribution >= 4 is 65.0 Å². The van der Waals surface area contributed by atoms with Gasteiger partial charge in [0.05, 0.1) is 21.3 Å². The summed E-state index contributed by atoms with van der Waals surface area (Å²) in [5.74, 6) is -0.0190. The van der Waals surface area contributed by atoms with Gasteiger partial charge in [-0.1, -0.05) is 11.6 Å². The lowest BCUT2D eigenvalue weighted by molar-refractivity contribution is -0.120. The Labute approximate surface area is 148 Å². The van der Waals surface area contributed by atoms with E-state index in [4.69, 9.17) is 17.3 Å². The van der Waals surface area contributed by atoms with Crippen molar-refractivity contribution in [1.29, 1.82) is 0 Å². The van der Waals surface area contributed by atoms with E-state index in [1.54, 1.807) is 0 Å². The minimum absolute atomic E-state index is 0. The highest BCUT2D eigenvalue weighted by Gasteiger charge is 2.10. The lowest BCUT2D eigenvalue weighted by Gasteiger charge is -2.01. The molecule has 2 aromatic rings. The number of aromatic nitrogens is 1. The van der Waals surface area contributed by atoms with E-state index in [0.717, 1.165) is 26.3 Å². The SMILES string of the molecule is Cl.Cl.NCCCNC(=O)Cc1csc(-c2ccc(Cl)s2)n1. The first kappa shape index (κ1) is 20.6. The third-order valence-corrected chi connectivity index (χ3v) is 4.67. The molecule has 0 spiro atoms. The van der Waals surface area contributed by atoms with E-state index in [-0.39, 0.29) is 30.7 Å². The second-order valence-electron chi connectivity index (χ2n) is 3.92. The van der Waals surface area contributed by atoms with Crippen LogP contribution in [0.5, 0.6) is 0 Å². The molecule has 0 atom stereocenters. The van der Waals surface area contributed by atoms with Gasteiger partial charge in [-0.05, 0) is 25.1 Å². The summed E-state index contributed by atoms with van der Waals surface area (Å²) >= 11 is 8.91. The molecule has 3 N–H and O–H groups in total. The Bertz CT molecular complexity index is 559. The average Bonchev–Trinajstić information content (AvgIpc) is 2.98. The molecule has 2 aromatic heterocycles. The van der Waals surface area contributed by atoms with Gasteiger partial charge < -0.3 is 11.1 Å².